The molecule has 1 aromatic heterocycles. The first-order valence-electron chi connectivity index (χ1n) is 10.3. The number of aromatic carboxylic acids is 1. The number of halogens is 1. The van der Waals surface area contributed by atoms with Crippen LogP contribution in [0.1, 0.15) is 32.9 Å². The van der Waals surface area contributed by atoms with Gasteiger partial charge in [0.15, 0.2) is 11.5 Å². The molecular formula is C26H20BrN3O4. The molecule has 0 aliphatic rings. The number of aryl methyl sites for hydroxylation is 1. The van der Waals surface area contributed by atoms with E-state index in [1.54, 1.807) is 30.3 Å². The third-order valence-electron chi connectivity index (χ3n) is 5.13. The monoisotopic (exact) mass is 517 g/mol. The fraction of sp³-hybridized carbons (Fsp3) is 0.115. The first-order chi connectivity index (χ1) is 16.4. The van der Waals surface area contributed by atoms with Crippen molar-refractivity contribution in [1.29, 1.82) is 5.26 Å². The molecule has 0 aliphatic heterocycles. The highest BCUT2D eigenvalue weighted by Gasteiger charge is 2.14. The van der Waals surface area contributed by atoms with Crippen LogP contribution in [0, 0.1) is 18.3 Å². The highest BCUT2D eigenvalue weighted by Crippen LogP contribution is 2.38. The van der Waals surface area contributed by atoms with Crippen LogP contribution < -0.4 is 9.47 Å². The van der Waals surface area contributed by atoms with E-state index in [-0.39, 0.29) is 12.2 Å². The molecule has 7 nitrogen and oxygen atoms in total. The highest BCUT2D eigenvalue weighted by molar-refractivity contribution is 9.10. The average molecular weight is 518 g/mol. The van der Waals surface area contributed by atoms with Crippen molar-refractivity contribution in [2.45, 2.75) is 13.5 Å². The van der Waals surface area contributed by atoms with Gasteiger partial charge in [-0.2, -0.15) is 5.26 Å². The van der Waals surface area contributed by atoms with Gasteiger partial charge in [0.1, 0.15) is 18.5 Å². The molecule has 3 aromatic carbocycles. The van der Waals surface area contributed by atoms with Gasteiger partial charge in [-0.25, -0.2) is 9.78 Å². The van der Waals surface area contributed by atoms with Gasteiger partial charge < -0.3 is 19.6 Å². The summed E-state index contributed by atoms with van der Waals surface area (Å²) >= 11 is 3.52. The van der Waals surface area contributed by atoms with Crippen molar-refractivity contribution in [2.24, 2.45) is 0 Å². The largest absolute Gasteiger partial charge is 0.493 e. The van der Waals surface area contributed by atoms with Crippen LogP contribution >= 0.6 is 15.9 Å². The standard InChI is InChI=1S/C26H20BrN3O4/c1-15-6-7-21-22(8-15)30-25(29-21)19(13-28)10-17-11-20(27)24(23(12-17)33-2)34-14-16-4-3-5-18(9-16)26(31)32/h3-12H,14H2,1-2H3,(H,29,30)(H,31,32)/b19-10-. The molecule has 0 spiro atoms. The molecule has 0 unspecified atom stereocenters. The van der Waals surface area contributed by atoms with Gasteiger partial charge >= 0.3 is 5.97 Å². The van der Waals surface area contributed by atoms with Gasteiger partial charge in [0.05, 0.1) is 33.8 Å². The number of carbonyl (C=O) groups is 1. The number of rotatable bonds is 7. The lowest BCUT2D eigenvalue weighted by atomic mass is 10.1. The molecule has 0 saturated carbocycles. The van der Waals surface area contributed by atoms with Gasteiger partial charge in [-0.05, 0) is 82.0 Å². The second-order valence-electron chi connectivity index (χ2n) is 7.60. The van der Waals surface area contributed by atoms with E-state index in [0.29, 0.717) is 32.9 Å². The maximum absolute atomic E-state index is 11.2. The molecule has 0 amide bonds. The van der Waals surface area contributed by atoms with Crippen molar-refractivity contribution in [1.82, 2.24) is 9.97 Å². The number of carboxylic acid groups (broad SMARTS) is 1. The summed E-state index contributed by atoms with van der Waals surface area (Å²) in [5, 5.41) is 18.9. The number of H-pyrrole nitrogens is 1. The normalized spacial score (nSPS) is 11.3. The number of benzene rings is 3. The van der Waals surface area contributed by atoms with E-state index in [0.717, 1.165) is 22.2 Å². The van der Waals surface area contributed by atoms with Gasteiger partial charge in [-0.15, -0.1) is 0 Å². The van der Waals surface area contributed by atoms with Crippen molar-refractivity contribution in [3.8, 4) is 17.6 Å². The van der Waals surface area contributed by atoms with Crippen LogP contribution in [0.3, 0.4) is 0 Å². The Bertz CT molecular complexity index is 1470. The lowest BCUT2D eigenvalue weighted by Gasteiger charge is -2.14. The Labute approximate surface area is 204 Å². The van der Waals surface area contributed by atoms with Gasteiger partial charge in [-0.1, -0.05) is 18.2 Å². The van der Waals surface area contributed by atoms with E-state index >= 15 is 0 Å². The first kappa shape index (κ1) is 23.1. The Morgan fingerprint density at radius 1 is 1.24 bits per heavy atom. The van der Waals surface area contributed by atoms with E-state index in [4.69, 9.17) is 9.47 Å². The minimum atomic E-state index is -0.996. The molecule has 0 aliphatic carbocycles. The van der Waals surface area contributed by atoms with E-state index in [1.807, 2.05) is 31.2 Å². The summed E-state index contributed by atoms with van der Waals surface area (Å²) in [5.74, 6) is 0.423. The summed E-state index contributed by atoms with van der Waals surface area (Å²) in [6.07, 6.45) is 1.72. The fourth-order valence-corrected chi connectivity index (χ4v) is 4.06. The number of allylic oxidation sites excluding steroid dienone is 1. The number of carboxylic acids is 1. The second-order valence-corrected chi connectivity index (χ2v) is 8.46. The minimum absolute atomic E-state index is 0.160. The Balaban J connectivity index is 1.62. The zero-order valence-corrected chi connectivity index (χ0v) is 20.0. The molecule has 8 heteroatoms. The third-order valence-corrected chi connectivity index (χ3v) is 5.72. The second kappa shape index (κ2) is 9.81. The molecule has 4 aromatic rings. The molecule has 0 atom stereocenters. The summed E-state index contributed by atoms with van der Waals surface area (Å²) in [6, 6.07) is 18.2. The molecule has 34 heavy (non-hydrogen) atoms. The number of nitriles is 1. The first-order valence-corrected chi connectivity index (χ1v) is 11.1. The summed E-state index contributed by atoms with van der Waals surface area (Å²) in [4.78, 5) is 18.9. The van der Waals surface area contributed by atoms with Crippen LogP contribution in [0.4, 0.5) is 0 Å². The quantitative estimate of drug-likeness (QED) is 0.291. The van der Waals surface area contributed by atoms with Crippen LogP contribution in [-0.2, 0) is 6.61 Å². The Morgan fingerprint density at radius 2 is 2.06 bits per heavy atom. The molecule has 2 N–H and O–H groups in total. The van der Waals surface area contributed by atoms with E-state index < -0.39 is 5.97 Å². The Kier molecular flexibility index (Phi) is 6.66. The molecular weight excluding hydrogens is 498 g/mol. The zero-order chi connectivity index (χ0) is 24.2. The van der Waals surface area contributed by atoms with Crippen LogP contribution in [0.2, 0.25) is 0 Å². The van der Waals surface area contributed by atoms with Crippen molar-refractivity contribution >= 4 is 44.6 Å². The number of hydrogen-bond donors (Lipinski definition) is 2. The van der Waals surface area contributed by atoms with Gasteiger partial charge in [0.25, 0.3) is 0 Å². The molecule has 0 fully saturated rings. The van der Waals surface area contributed by atoms with E-state index in [2.05, 4.69) is 32.0 Å². The number of imidazole rings is 1. The number of fused-ring (bicyclic) bond motifs is 1. The number of aromatic amines is 1. The number of nitrogens with one attached hydrogen (secondary N) is 1. The summed E-state index contributed by atoms with van der Waals surface area (Å²) < 4.78 is 12.1. The Hall–Kier alpha value is -4.09. The predicted octanol–water partition coefficient (Wildman–Crippen LogP) is 5.98. The minimum Gasteiger partial charge on any atom is -0.493 e. The number of hydrogen-bond acceptors (Lipinski definition) is 5. The third kappa shape index (κ3) is 4.95. The average Bonchev–Trinajstić information content (AvgIpc) is 3.24. The maximum atomic E-state index is 11.2. The van der Waals surface area contributed by atoms with Crippen LogP contribution in [0.5, 0.6) is 11.5 Å². The molecule has 4 rings (SSSR count). The zero-order valence-electron chi connectivity index (χ0n) is 18.4. The van der Waals surface area contributed by atoms with Crippen molar-refractivity contribution in [3.63, 3.8) is 0 Å². The van der Waals surface area contributed by atoms with Gasteiger partial charge in [0, 0.05) is 0 Å². The Morgan fingerprint density at radius 3 is 2.79 bits per heavy atom. The highest BCUT2D eigenvalue weighted by atomic mass is 79.9. The molecule has 1 heterocycles. The topological polar surface area (TPSA) is 108 Å². The van der Waals surface area contributed by atoms with Crippen LogP contribution in [-0.4, -0.2) is 28.2 Å². The smallest absolute Gasteiger partial charge is 0.335 e. The van der Waals surface area contributed by atoms with E-state index in [1.165, 1.54) is 13.2 Å². The fourth-order valence-electron chi connectivity index (χ4n) is 3.48. The number of methoxy groups -OCH3 is 1. The number of aromatic nitrogens is 2. The maximum Gasteiger partial charge on any atom is 0.335 e. The lowest BCUT2D eigenvalue weighted by Crippen LogP contribution is -2.02. The summed E-state index contributed by atoms with van der Waals surface area (Å²) in [5.41, 5.74) is 4.76. The van der Waals surface area contributed by atoms with Gasteiger partial charge in [0.2, 0.25) is 0 Å². The summed E-state index contributed by atoms with van der Waals surface area (Å²) in [7, 11) is 1.53. The SMILES string of the molecule is COc1cc(/C=C(/C#N)c2nc3ccc(C)cc3[nH]2)cc(Br)c1OCc1cccc(C(=O)O)c1. The van der Waals surface area contributed by atoms with Crippen LogP contribution in [0.15, 0.2) is 59.1 Å². The van der Waals surface area contributed by atoms with Crippen LogP contribution in [0.25, 0.3) is 22.7 Å². The summed E-state index contributed by atoms with van der Waals surface area (Å²) in [6.45, 7) is 2.16. The predicted molar refractivity (Wildman–Crippen MR) is 133 cm³/mol. The number of ether oxygens (including phenoxy) is 2. The molecule has 170 valence electrons. The molecule has 0 bridgehead atoms. The van der Waals surface area contributed by atoms with Crippen molar-refractivity contribution < 1.29 is 19.4 Å². The molecule has 0 radical (unpaired) electrons. The molecule has 0 saturated heterocycles. The van der Waals surface area contributed by atoms with Gasteiger partial charge in [-0.3, -0.25) is 0 Å². The van der Waals surface area contributed by atoms with E-state index in [9.17, 15) is 15.2 Å². The lowest BCUT2D eigenvalue weighted by molar-refractivity contribution is 0.0696. The van der Waals surface area contributed by atoms with Crippen molar-refractivity contribution in [2.75, 3.05) is 7.11 Å². The number of nitrogens with zero attached hydrogens (tertiary/aromatic N) is 2. The van der Waals surface area contributed by atoms with Crippen molar-refractivity contribution in [3.05, 3.63) is 87.1 Å².